The van der Waals surface area contributed by atoms with Gasteiger partial charge in [0.25, 0.3) is 0 Å². The minimum Gasteiger partial charge on any atom is -0.466 e. The number of carbonyl (C=O) groups is 1. The zero-order valence-electron chi connectivity index (χ0n) is 14.9. The molecule has 7 nitrogen and oxygen atoms in total. The molecule has 2 heterocycles. The summed E-state index contributed by atoms with van der Waals surface area (Å²) in [4.78, 5) is 18.8. The van der Waals surface area contributed by atoms with Gasteiger partial charge in [0.05, 0.1) is 18.2 Å². The third-order valence-corrected chi connectivity index (χ3v) is 4.03. The maximum atomic E-state index is 12.0. The third kappa shape index (κ3) is 4.97. The Bertz CT molecular complexity index is 556. The minimum absolute atomic E-state index is 0.0838. The molecule has 24 heavy (non-hydrogen) atoms. The summed E-state index contributed by atoms with van der Waals surface area (Å²) in [5, 5.41) is 7.28. The lowest BCUT2D eigenvalue weighted by Gasteiger charge is -2.33. The van der Waals surface area contributed by atoms with E-state index in [2.05, 4.69) is 20.4 Å². The first-order chi connectivity index (χ1) is 11.7. The van der Waals surface area contributed by atoms with Gasteiger partial charge in [-0.05, 0) is 33.1 Å². The van der Waals surface area contributed by atoms with Gasteiger partial charge in [-0.1, -0.05) is 12.1 Å². The number of aryl methyl sites for hydroxylation is 1. The van der Waals surface area contributed by atoms with E-state index in [0.717, 1.165) is 49.8 Å². The van der Waals surface area contributed by atoms with Crippen molar-refractivity contribution in [1.29, 1.82) is 0 Å². The van der Waals surface area contributed by atoms with Crippen molar-refractivity contribution in [3.05, 3.63) is 17.5 Å². The summed E-state index contributed by atoms with van der Waals surface area (Å²) in [6, 6.07) is 1.94. The SMILES string of the molecule is CCNC(=NCc1cc(CC)no1)N1CCCC(C(=O)OCC)C1. The van der Waals surface area contributed by atoms with Crippen molar-refractivity contribution < 1.29 is 14.1 Å². The van der Waals surface area contributed by atoms with Crippen molar-refractivity contribution >= 4 is 11.9 Å². The number of aliphatic imine (C=N–C) groups is 1. The third-order valence-electron chi connectivity index (χ3n) is 4.03. The highest BCUT2D eigenvalue weighted by molar-refractivity contribution is 5.81. The van der Waals surface area contributed by atoms with Crippen molar-refractivity contribution in [2.75, 3.05) is 26.2 Å². The predicted molar refractivity (Wildman–Crippen MR) is 91.6 cm³/mol. The average Bonchev–Trinajstić information content (AvgIpc) is 3.07. The number of likely N-dealkylation sites (tertiary alicyclic amines) is 1. The Hall–Kier alpha value is -2.05. The van der Waals surface area contributed by atoms with Crippen LogP contribution in [0, 0.1) is 5.92 Å². The van der Waals surface area contributed by atoms with Crippen molar-refractivity contribution in [3.8, 4) is 0 Å². The van der Waals surface area contributed by atoms with E-state index in [1.165, 1.54) is 0 Å². The molecular formula is C17H28N4O3. The fraction of sp³-hybridized carbons (Fsp3) is 0.706. The number of carbonyl (C=O) groups excluding carboxylic acids is 1. The Kier molecular flexibility index (Phi) is 7.08. The van der Waals surface area contributed by atoms with Crippen molar-refractivity contribution in [2.24, 2.45) is 10.9 Å². The Morgan fingerprint density at radius 3 is 3.00 bits per heavy atom. The molecule has 2 rings (SSSR count). The molecule has 0 aromatic carbocycles. The minimum atomic E-state index is -0.110. The maximum absolute atomic E-state index is 12.0. The van der Waals surface area contributed by atoms with E-state index in [-0.39, 0.29) is 11.9 Å². The van der Waals surface area contributed by atoms with E-state index in [1.807, 2.05) is 26.8 Å². The molecule has 1 aliphatic heterocycles. The molecule has 1 aromatic rings. The molecule has 1 N–H and O–H groups in total. The number of hydrogen-bond acceptors (Lipinski definition) is 5. The molecule has 134 valence electrons. The average molecular weight is 336 g/mol. The molecule has 1 aromatic heterocycles. The summed E-state index contributed by atoms with van der Waals surface area (Å²) in [5.74, 6) is 1.36. The molecular weight excluding hydrogens is 308 g/mol. The van der Waals surface area contributed by atoms with Gasteiger partial charge < -0.3 is 19.5 Å². The zero-order valence-corrected chi connectivity index (χ0v) is 14.9. The molecule has 1 aliphatic rings. The first kappa shape index (κ1) is 18.3. The second-order valence-electron chi connectivity index (χ2n) is 5.85. The smallest absolute Gasteiger partial charge is 0.310 e. The summed E-state index contributed by atoms with van der Waals surface area (Å²) in [7, 11) is 0. The van der Waals surface area contributed by atoms with Crippen molar-refractivity contribution in [3.63, 3.8) is 0 Å². The largest absolute Gasteiger partial charge is 0.466 e. The van der Waals surface area contributed by atoms with E-state index in [0.29, 0.717) is 19.7 Å². The molecule has 0 amide bonds. The van der Waals surface area contributed by atoms with Gasteiger partial charge in [-0.3, -0.25) is 4.79 Å². The lowest BCUT2D eigenvalue weighted by molar-refractivity contribution is -0.149. The van der Waals surface area contributed by atoms with Crippen LogP contribution in [0.3, 0.4) is 0 Å². The van der Waals surface area contributed by atoms with Gasteiger partial charge in [-0.25, -0.2) is 4.99 Å². The van der Waals surface area contributed by atoms with E-state index >= 15 is 0 Å². The van der Waals surface area contributed by atoms with Gasteiger partial charge in [-0.2, -0.15) is 0 Å². The lowest BCUT2D eigenvalue weighted by Crippen LogP contribution is -2.48. The second-order valence-corrected chi connectivity index (χ2v) is 5.85. The fourth-order valence-corrected chi connectivity index (χ4v) is 2.80. The van der Waals surface area contributed by atoms with Crippen LogP contribution in [0.5, 0.6) is 0 Å². The Balaban J connectivity index is 2.02. The van der Waals surface area contributed by atoms with Gasteiger partial charge in [-0.15, -0.1) is 0 Å². The van der Waals surface area contributed by atoms with Crippen molar-refractivity contribution in [2.45, 2.75) is 46.6 Å². The number of guanidine groups is 1. The van der Waals surface area contributed by atoms with Crippen molar-refractivity contribution in [1.82, 2.24) is 15.4 Å². The number of rotatable bonds is 6. The predicted octanol–water partition coefficient (Wildman–Crippen LogP) is 1.98. The molecule has 1 atom stereocenters. The number of esters is 1. The van der Waals surface area contributed by atoms with Crippen LogP contribution < -0.4 is 5.32 Å². The molecule has 7 heteroatoms. The fourth-order valence-electron chi connectivity index (χ4n) is 2.80. The molecule has 0 aliphatic carbocycles. The van der Waals surface area contributed by atoms with Crippen LogP contribution in [0.1, 0.15) is 45.1 Å². The molecule has 1 saturated heterocycles. The lowest BCUT2D eigenvalue weighted by atomic mass is 9.98. The molecule has 0 radical (unpaired) electrons. The van der Waals surface area contributed by atoms with Gasteiger partial charge in [0.15, 0.2) is 11.7 Å². The second kappa shape index (κ2) is 9.30. The number of nitrogens with one attached hydrogen (secondary N) is 1. The van der Waals surface area contributed by atoms with Crippen LogP contribution in [0.4, 0.5) is 0 Å². The molecule has 0 saturated carbocycles. The standard InChI is InChI=1S/C17H28N4O3/c1-4-14-10-15(24-20-14)11-19-17(18-5-2)21-9-7-8-13(12-21)16(22)23-6-3/h10,13H,4-9,11-12H2,1-3H3,(H,18,19). The highest BCUT2D eigenvalue weighted by atomic mass is 16.5. The maximum Gasteiger partial charge on any atom is 0.310 e. The normalized spacial score (nSPS) is 18.5. The highest BCUT2D eigenvalue weighted by Gasteiger charge is 2.28. The van der Waals surface area contributed by atoms with E-state index in [1.54, 1.807) is 0 Å². The quantitative estimate of drug-likeness (QED) is 0.486. The zero-order chi connectivity index (χ0) is 17.4. The van der Waals surface area contributed by atoms with E-state index in [4.69, 9.17) is 9.26 Å². The summed E-state index contributed by atoms with van der Waals surface area (Å²) in [6.45, 7) is 9.08. The van der Waals surface area contributed by atoms with Gasteiger partial charge in [0.2, 0.25) is 0 Å². The van der Waals surface area contributed by atoms with Crippen LogP contribution in [-0.2, 0) is 22.5 Å². The van der Waals surface area contributed by atoms with E-state index in [9.17, 15) is 4.79 Å². The summed E-state index contributed by atoms with van der Waals surface area (Å²) in [5.41, 5.74) is 0.936. The number of aromatic nitrogens is 1. The number of ether oxygens (including phenoxy) is 1. The van der Waals surface area contributed by atoms with Gasteiger partial charge in [0.1, 0.15) is 6.54 Å². The van der Waals surface area contributed by atoms with Gasteiger partial charge in [0, 0.05) is 25.7 Å². The van der Waals surface area contributed by atoms with Gasteiger partial charge >= 0.3 is 5.97 Å². The van der Waals surface area contributed by atoms with Crippen LogP contribution in [-0.4, -0.2) is 48.2 Å². The monoisotopic (exact) mass is 336 g/mol. The molecule has 0 bridgehead atoms. The Morgan fingerprint density at radius 1 is 1.50 bits per heavy atom. The van der Waals surface area contributed by atoms with Crippen LogP contribution in [0.15, 0.2) is 15.6 Å². The number of nitrogens with zero attached hydrogens (tertiary/aromatic N) is 3. The Morgan fingerprint density at radius 2 is 2.33 bits per heavy atom. The number of hydrogen-bond donors (Lipinski definition) is 1. The molecule has 0 spiro atoms. The van der Waals surface area contributed by atoms with Crippen LogP contribution >= 0.6 is 0 Å². The molecule has 1 fully saturated rings. The summed E-state index contributed by atoms with van der Waals surface area (Å²) >= 11 is 0. The van der Waals surface area contributed by atoms with Crippen LogP contribution in [0.25, 0.3) is 0 Å². The summed E-state index contributed by atoms with van der Waals surface area (Å²) in [6.07, 6.45) is 2.67. The topological polar surface area (TPSA) is 80.0 Å². The highest BCUT2D eigenvalue weighted by Crippen LogP contribution is 2.18. The van der Waals surface area contributed by atoms with E-state index < -0.39 is 0 Å². The Labute approximate surface area is 143 Å². The van der Waals surface area contributed by atoms with Crippen LogP contribution in [0.2, 0.25) is 0 Å². The number of piperidine rings is 1. The summed E-state index contributed by atoms with van der Waals surface area (Å²) < 4.78 is 10.4. The first-order valence-corrected chi connectivity index (χ1v) is 8.82. The molecule has 1 unspecified atom stereocenters. The first-order valence-electron chi connectivity index (χ1n) is 8.82.